The second kappa shape index (κ2) is 8.92. The van der Waals surface area contributed by atoms with Gasteiger partial charge in [-0.15, -0.1) is 0 Å². The zero-order valence-electron chi connectivity index (χ0n) is 15.8. The van der Waals surface area contributed by atoms with Gasteiger partial charge in [-0.1, -0.05) is 19.1 Å². The third-order valence-electron chi connectivity index (χ3n) is 4.13. The van der Waals surface area contributed by atoms with Crippen molar-refractivity contribution in [1.82, 2.24) is 19.8 Å². The largest absolute Gasteiger partial charge is 0.416 e. The summed E-state index contributed by atoms with van der Waals surface area (Å²) in [6.45, 7) is 6.90. The smallest absolute Gasteiger partial charge is 0.338 e. The summed E-state index contributed by atoms with van der Waals surface area (Å²) in [4.78, 5) is 18.3. The molecular formula is C19H25F3N4O. The van der Waals surface area contributed by atoms with E-state index in [9.17, 15) is 18.0 Å². The molecule has 1 heterocycles. The summed E-state index contributed by atoms with van der Waals surface area (Å²) in [6, 6.07) is 5.01. The van der Waals surface area contributed by atoms with Gasteiger partial charge < -0.3 is 14.8 Å². The molecule has 8 heteroatoms. The van der Waals surface area contributed by atoms with E-state index in [0.717, 1.165) is 18.6 Å². The fourth-order valence-corrected chi connectivity index (χ4v) is 2.65. The third kappa shape index (κ3) is 5.74. The van der Waals surface area contributed by atoms with Crippen LogP contribution < -0.4 is 5.32 Å². The van der Waals surface area contributed by atoms with Gasteiger partial charge in [-0.25, -0.2) is 9.78 Å². The minimum Gasteiger partial charge on any atom is -0.338 e. The summed E-state index contributed by atoms with van der Waals surface area (Å²) in [6.07, 6.45) is -0.245. The molecule has 0 unspecified atom stereocenters. The highest BCUT2D eigenvalue weighted by atomic mass is 19.4. The van der Waals surface area contributed by atoms with Crippen LogP contribution >= 0.6 is 0 Å². The lowest BCUT2D eigenvalue weighted by Gasteiger charge is -2.27. The molecule has 0 bridgehead atoms. The van der Waals surface area contributed by atoms with Crippen LogP contribution in [0.3, 0.4) is 0 Å². The Labute approximate surface area is 157 Å². The first-order valence-electron chi connectivity index (χ1n) is 8.93. The highest BCUT2D eigenvalue weighted by Crippen LogP contribution is 2.29. The molecule has 1 N–H and O–H groups in total. The number of hydrogen-bond donors (Lipinski definition) is 1. The number of rotatable bonds is 7. The molecule has 0 aliphatic carbocycles. The van der Waals surface area contributed by atoms with E-state index < -0.39 is 11.7 Å². The summed E-state index contributed by atoms with van der Waals surface area (Å²) in [5, 5.41) is 2.84. The molecule has 0 aliphatic heterocycles. The van der Waals surface area contributed by atoms with Crippen LogP contribution in [0.15, 0.2) is 36.7 Å². The number of amides is 2. The number of aromatic nitrogens is 2. The Morgan fingerprint density at radius 3 is 2.70 bits per heavy atom. The van der Waals surface area contributed by atoms with E-state index in [4.69, 9.17) is 0 Å². The van der Waals surface area contributed by atoms with Crippen LogP contribution in [0.1, 0.15) is 44.1 Å². The lowest BCUT2D eigenvalue weighted by molar-refractivity contribution is -0.137. The lowest BCUT2D eigenvalue weighted by Crippen LogP contribution is -2.44. The van der Waals surface area contributed by atoms with Crippen LogP contribution in [0.5, 0.6) is 0 Å². The zero-order chi connectivity index (χ0) is 20.0. The summed E-state index contributed by atoms with van der Waals surface area (Å²) in [5.74, 6) is 0.618. The number of urea groups is 1. The Morgan fingerprint density at radius 2 is 2.07 bits per heavy atom. The summed E-state index contributed by atoms with van der Waals surface area (Å²) in [7, 11) is 0. The molecule has 27 heavy (non-hydrogen) atoms. The van der Waals surface area contributed by atoms with Crippen molar-refractivity contribution >= 4 is 6.03 Å². The Morgan fingerprint density at radius 1 is 1.33 bits per heavy atom. The molecule has 0 aliphatic rings. The summed E-state index contributed by atoms with van der Waals surface area (Å²) < 4.78 is 40.5. The fourth-order valence-electron chi connectivity index (χ4n) is 2.65. The Balaban J connectivity index is 2.16. The molecule has 0 atom stereocenters. The number of nitrogens with zero attached hydrogens (tertiary/aromatic N) is 3. The number of carbonyl (C=O) groups is 1. The predicted octanol–water partition coefficient (Wildman–Crippen LogP) is 4.28. The molecule has 0 saturated carbocycles. The second-order valence-corrected chi connectivity index (χ2v) is 6.62. The van der Waals surface area contributed by atoms with Crippen molar-refractivity contribution < 1.29 is 18.0 Å². The number of halogens is 3. The molecule has 0 spiro atoms. The van der Waals surface area contributed by atoms with Gasteiger partial charge in [-0.2, -0.15) is 13.2 Å². The number of imidazole rings is 1. The Hall–Kier alpha value is -2.51. The molecule has 2 rings (SSSR count). The minimum absolute atomic E-state index is 0.0411. The maximum atomic E-state index is 12.9. The molecular weight excluding hydrogens is 357 g/mol. The van der Waals surface area contributed by atoms with Gasteiger partial charge >= 0.3 is 12.2 Å². The van der Waals surface area contributed by atoms with Gasteiger partial charge in [0.15, 0.2) is 0 Å². The van der Waals surface area contributed by atoms with Crippen molar-refractivity contribution in [1.29, 1.82) is 0 Å². The van der Waals surface area contributed by atoms with E-state index in [0.29, 0.717) is 17.9 Å². The number of alkyl halides is 3. The maximum Gasteiger partial charge on any atom is 0.416 e. The van der Waals surface area contributed by atoms with E-state index in [1.165, 1.54) is 6.07 Å². The SMILES string of the molecule is CCCNC(=O)N(Cc1nccn1Cc1cccc(C(F)(F)F)c1)C(C)C. The predicted molar refractivity (Wildman–Crippen MR) is 97.1 cm³/mol. The quantitative estimate of drug-likeness (QED) is 0.777. The number of carbonyl (C=O) groups excluding carboxylic acids is 1. The summed E-state index contributed by atoms with van der Waals surface area (Å²) >= 11 is 0. The van der Waals surface area contributed by atoms with E-state index in [1.807, 2.05) is 20.8 Å². The topological polar surface area (TPSA) is 50.2 Å². The van der Waals surface area contributed by atoms with Gasteiger partial charge in [0, 0.05) is 31.5 Å². The molecule has 0 saturated heterocycles. The molecule has 1 aromatic carbocycles. The third-order valence-corrected chi connectivity index (χ3v) is 4.13. The van der Waals surface area contributed by atoms with Crippen molar-refractivity contribution in [2.75, 3.05) is 6.54 Å². The summed E-state index contributed by atoms with van der Waals surface area (Å²) in [5.41, 5.74) is -0.153. The molecule has 5 nitrogen and oxygen atoms in total. The first-order chi connectivity index (χ1) is 12.7. The molecule has 148 valence electrons. The van der Waals surface area contributed by atoms with Crippen molar-refractivity contribution in [3.8, 4) is 0 Å². The maximum absolute atomic E-state index is 12.9. The van der Waals surface area contributed by atoms with Gasteiger partial charge in [0.2, 0.25) is 0 Å². The molecule has 0 radical (unpaired) electrons. The van der Waals surface area contributed by atoms with E-state index in [2.05, 4.69) is 10.3 Å². The van der Waals surface area contributed by atoms with Crippen LogP contribution in [0.2, 0.25) is 0 Å². The number of benzene rings is 1. The number of hydrogen-bond acceptors (Lipinski definition) is 2. The van der Waals surface area contributed by atoms with Crippen LogP contribution in [0.4, 0.5) is 18.0 Å². The van der Waals surface area contributed by atoms with Crippen molar-refractivity contribution in [2.24, 2.45) is 0 Å². The standard InChI is InChI=1S/C19H25F3N4O/c1-4-8-24-18(27)26(14(2)3)13-17-23-9-10-25(17)12-15-6-5-7-16(11-15)19(20,21)22/h5-7,9-11,14H,4,8,12-13H2,1-3H3,(H,24,27). The average molecular weight is 382 g/mol. The van der Waals surface area contributed by atoms with Gasteiger partial charge in [-0.3, -0.25) is 0 Å². The normalized spacial score (nSPS) is 11.7. The highest BCUT2D eigenvalue weighted by molar-refractivity contribution is 5.74. The molecule has 2 aromatic rings. The molecule has 1 aromatic heterocycles. The monoisotopic (exact) mass is 382 g/mol. The highest BCUT2D eigenvalue weighted by Gasteiger charge is 2.30. The van der Waals surface area contributed by atoms with Crippen LogP contribution in [0.25, 0.3) is 0 Å². The van der Waals surface area contributed by atoms with Gasteiger partial charge in [-0.05, 0) is 38.0 Å². The Kier molecular flexibility index (Phi) is 6.87. The second-order valence-electron chi connectivity index (χ2n) is 6.62. The average Bonchev–Trinajstić information content (AvgIpc) is 3.03. The first kappa shape index (κ1) is 20.8. The Bertz CT molecular complexity index is 755. The van der Waals surface area contributed by atoms with Gasteiger partial charge in [0.05, 0.1) is 12.1 Å². The molecule has 2 amide bonds. The van der Waals surface area contributed by atoms with Crippen molar-refractivity contribution in [3.05, 3.63) is 53.6 Å². The lowest BCUT2D eigenvalue weighted by atomic mass is 10.1. The fraction of sp³-hybridized carbons (Fsp3) is 0.474. The first-order valence-corrected chi connectivity index (χ1v) is 8.93. The van der Waals surface area contributed by atoms with Crippen LogP contribution in [-0.2, 0) is 19.3 Å². The van der Waals surface area contributed by atoms with Gasteiger partial charge in [0.25, 0.3) is 0 Å². The zero-order valence-corrected chi connectivity index (χ0v) is 15.8. The number of nitrogens with one attached hydrogen (secondary N) is 1. The van der Waals surface area contributed by atoms with Crippen molar-refractivity contribution in [3.63, 3.8) is 0 Å². The van der Waals surface area contributed by atoms with Gasteiger partial charge in [0.1, 0.15) is 5.82 Å². The van der Waals surface area contributed by atoms with Crippen LogP contribution in [-0.4, -0.2) is 33.1 Å². The van der Waals surface area contributed by atoms with Crippen LogP contribution in [0, 0.1) is 0 Å². The van der Waals surface area contributed by atoms with Crippen molar-refractivity contribution in [2.45, 2.75) is 52.5 Å². The minimum atomic E-state index is -4.38. The van der Waals surface area contributed by atoms with E-state index in [1.54, 1.807) is 27.9 Å². The molecule has 0 fully saturated rings. The van der Waals surface area contributed by atoms with E-state index in [-0.39, 0.29) is 25.2 Å². The van der Waals surface area contributed by atoms with E-state index >= 15 is 0 Å².